The number of amides is 1. The third-order valence-corrected chi connectivity index (χ3v) is 3.62. The van der Waals surface area contributed by atoms with Crippen LogP contribution in [0, 0.1) is 0 Å². The van der Waals surface area contributed by atoms with Gasteiger partial charge in [0.2, 0.25) is 5.91 Å². The number of carbonyl (C=O) groups is 1. The second-order valence-electron chi connectivity index (χ2n) is 4.29. The first kappa shape index (κ1) is 12.8. The molecule has 6 heteroatoms. The SMILES string of the molecule is CN(Cc1cc(C(N)=O)cs1)Cc1nccn1C. The average Bonchev–Trinajstić information content (AvgIpc) is 2.89. The van der Waals surface area contributed by atoms with Crippen molar-refractivity contribution in [1.82, 2.24) is 14.5 Å². The van der Waals surface area contributed by atoms with Gasteiger partial charge in [0.1, 0.15) is 5.82 Å². The van der Waals surface area contributed by atoms with Crippen LogP contribution in [0.15, 0.2) is 23.8 Å². The molecule has 0 aliphatic rings. The van der Waals surface area contributed by atoms with Crippen molar-refractivity contribution in [2.24, 2.45) is 12.8 Å². The molecule has 2 N–H and O–H groups in total. The Labute approximate surface area is 110 Å². The van der Waals surface area contributed by atoms with Gasteiger partial charge >= 0.3 is 0 Å². The van der Waals surface area contributed by atoms with Crippen LogP contribution in [0.5, 0.6) is 0 Å². The minimum absolute atomic E-state index is 0.371. The standard InChI is InChI=1S/C12H16N4OS/c1-15(7-11-14-3-4-16(11)2)6-10-5-9(8-18-10)12(13)17/h3-5,8H,6-7H2,1-2H3,(H2,13,17). The summed E-state index contributed by atoms with van der Waals surface area (Å²) in [7, 11) is 4.00. The van der Waals surface area contributed by atoms with E-state index in [0.717, 1.165) is 23.8 Å². The third kappa shape index (κ3) is 2.96. The molecule has 0 aliphatic heterocycles. The Bertz CT molecular complexity index is 546. The smallest absolute Gasteiger partial charge is 0.249 e. The fourth-order valence-electron chi connectivity index (χ4n) is 1.70. The fraction of sp³-hybridized carbons (Fsp3) is 0.333. The van der Waals surface area contributed by atoms with Crippen molar-refractivity contribution < 1.29 is 4.79 Å². The van der Waals surface area contributed by atoms with Crippen molar-refractivity contribution in [3.05, 3.63) is 40.1 Å². The zero-order valence-corrected chi connectivity index (χ0v) is 11.3. The van der Waals surface area contributed by atoms with Gasteiger partial charge < -0.3 is 10.3 Å². The molecular weight excluding hydrogens is 248 g/mol. The van der Waals surface area contributed by atoms with Crippen LogP contribution in [0.3, 0.4) is 0 Å². The molecule has 0 aliphatic carbocycles. The summed E-state index contributed by atoms with van der Waals surface area (Å²) in [5.74, 6) is 0.647. The van der Waals surface area contributed by atoms with E-state index in [1.165, 1.54) is 0 Å². The molecular formula is C12H16N4OS. The van der Waals surface area contributed by atoms with Crippen LogP contribution < -0.4 is 5.73 Å². The largest absolute Gasteiger partial charge is 0.366 e. The normalized spacial score (nSPS) is 11.1. The van der Waals surface area contributed by atoms with Crippen molar-refractivity contribution in [1.29, 1.82) is 0 Å². The van der Waals surface area contributed by atoms with Crippen molar-refractivity contribution in [3.8, 4) is 0 Å². The lowest BCUT2D eigenvalue weighted by molar-refractivity contribution is 0.100. The van der Waals surface area contributed by atoms with E-state index in [0.29, 0.717) is 5.56 Å². The van der Waals surface area contributed by atoms with Gasteiger partial charge in [0, 0.05) is 36.2 Å². The summed E-state index contributed by atoms with van der Waals surface area (Å²) in [5.41, 5.74) is 5.81. The highest BCUT2D eigenvalue weighted by molar-refractivity contribution is 7.10. The Morgan fingerprint density at radius 2 is 2.33 bits per heavy atom. The lowest BCUT2D eigenvalue weighted by Crippen LogP contribution is -2.19. The highest BCUT2D eigenvalue weighted by atomic mass is 32.1. The van der Waals surface area contributed by atoms with Gasteiger partial charge in [-0.25, -0.2) is 4.98 Å². The van der Waals surface area contributed by atoms with Gasteiger partial charge in [-0.1, -0.05) is 0 Å². The van der Waals surface area contributed by atoms with Crippen LogP contribution in [0.2, 0.25) is 0 Å². The number of hydrogen-bond acceptors (Lipinski definition) is 4. The van der Waals surface area contributed by atoms with Gasteiger partial charge in [-0.3, -0.25) is 9.69 Å². The Morgan fingerprint density at radius 3 is 2.89 bits per heavy atom. The maximum atomic E-state index is 11.0. The molecule has 5 nitrogen and oxygen atoms in total. The Kier molecular flexibility index (Phi) is 3.78. The molecule has 0 saturated heterocycles. The lowest BCUT2D eigenvalue weighted by atomic mass is 10.3. The Balaban J connectivity index is 1.96. The number of aromatic nitrogens is 2. The van der Waals surface area contributed by atoms with Gasteiger partial charge in [-0.15, -0.1) is 11.3 Å². The van der Waals surface area contributed by atoms with Crippen LogP contribution >= 0.6 is 11.3 Å². The zero-order valence-electron chi connectivity index (χ0n) is 10.5. The van der Waals surface area contributed by atoms with Gasteiger partial charge in [-0.2, -0.15) is 0 Å². The van der Waals surface area contributed by atoms with E-state index in [-0.39, 0.29) is 5.91 Å². The molecule has 2 heterocycles. The average molecular weight is 264 g/mol. The van der Waals surface area contributed by atoms with Crippen molar-refractivity contribution >= 4 is 17.2 Å². The van der Waals surface area contributed by atoms with Crippen molar-refractivity contribution in [2.45, 2.75) is 13.1 Å². The first-order chi connectivity index (χ1) is 8.56. The van der Waals surface area contributed by atoms with Crippen LogP contribution in [0.25, 0.3) is 0 Å². The first-order valence-electron chi connectivity index (χ1n) is 5.58. The molecule has 2 aromatic rings. The molecule has 0 saturated carbocycles. The summed E-state index contributed by atoms with van der Waals surface area (Å²) in [5, 5.41) is 1.80. The molecule has 0 radical (unpaired) electrons. The molecule has 0 atom stereocenters. The van der Waals surface area contributed by atoms with Gasteiger partial charge in [-0.05, 0) is 13.1 Å². The summed E-state index contributed by atoms with van der Waals surface area (Å²) in [6.45, 7) is 1.55. The summed E-state index contributed by atoms with van der Waals surface area (Å²) < 4.78 is 2.00. The summed E-state index contributed by atoms with van der Waals surface area (Å²) >= 11 is 1.55. The molecule has 0 bridgehead atoms. The summed E-state index contributed by atoms with van der Waals surface area (Å²) in [6, 6.07) is 1.85. The number of nitrogens with two attached hydrogens (primary N) is 1. The lowest BCUT2D eigenvalue weighted by Gasteiger charge is -2.15. The van der Waals surface area contributed by atoms with E-state index in [4.69, 9.17) is 5.73 Å². The second-order valence-corrected chi connectivity index (χ2v) is 5.29. The highest BCUT2D eigenvalue weighted by Gasteiger charge is 2.09. The highest BCUT2D eigenvalue weighted by Crippen LogP contribution is 2.16. The number of thiophene rings is 1. The number of aryl methyl sites for hydroxylation is 1. The molecule has 0 spiro atoms. The van der Waals surface area contributed by atoms with E-state index in [2.05, 4.69) is 9.88 Å². The predicted molar refractivity (Wildman–Crippen MR) is 71.2 cm³/mol. The van der Waals surface area contributed by atoms with Crippen LogP contribution in [0.1, 0.15) is 21.1 Å². The van der Waals surface area contributed by atoms with Crippen molar-refractivity contribution in [3.63, 3.8) is 0 Å². The number of primary amides is 1. The predicted octanol–water partition coefficient (Wildman–Crippen LogP) is 1.21. The molecule has 0 fully saturated rings. The minimum atomic E-state index is -0.371. The Morgan fingerprint density at radius 1 is 1.56 bits per heavy atom. The van der Waals surface area contributed by atoms with Crippen LogP contribution in [0.4, 0.5) is 0 Å². The van der Waals surface area contributed by atoms with Crippen molar-refractivity contribution in [2.75, 3.05) is 7.05 Å². The first-order valence-corrected chi connectivity index (χ1v) is 6.46. The maximum Gasteiger partial charge on any atom is 0.249 e. The minimum Gasteiger partial charge on any atom is -0.366 e. The summed E-state index contributed by atoms with van der Waals surface area (Å²) in [4.78, 5) is 18.6. The molecule has 1 amide bonds. The molecule has 0 aromatic carbocycles. The topological polar surface area (TPSA) is 64.2 Å². The monoisotopic (exact) mass is 264 g/mol. The number of rotatable bonds is 5. The van der Waals surface area contributed by atoms with Crippen LogP contribution in [-0.4, -0.2) is 27.4 Å². The second kappa shape index (κ2) is 5.32. The Hall–Kier alpha value is -1.66. The fourth-order valence-corrected chi connectivity index (χ4v) is 2.66. The number of hydrogen-bond donors (Lipinski definition) is 1. The number of nitrogens with zero attached hydrogens (tertiary/aromatic N) is 3. The summed E-state index contributed by atoms with van der Waals surface area (Å²) in [6.07, 6.45) is 3.72. The van der Waals surface area contributed by atoms with E-state index in [1.54, 1.807) is 22.9 Å². The third-order valence-electron chi connectivity index (χ3n) is 2.70. The van der Waals surface area contributed by atoms with E-state index in [1.807, 2.05) is 30.9 Å². The zero-order chi connectivity index (χ0) is 13.1. The number of carbonyl (C=O) groups excluding carboxylic acids is 1. The van der Waals surface area contributed by atoms with E-state index in [9.17, 15) is 4.79 Å². The maximum absolute atomic E-state index is 11.0. The van der Waals surface area contributed by atoms with Gasteiger partial charge in [0.05, 0.1) is 12.1 Å². The van der Waals surface area contributed by atoms with E-state index < -0.39 is 0 Å². The molecule has 18 heavy (non-hydrogen) atoms. The van der Waals surface area contributed by atoms with Gasteiger partial charge in [0.25, 0.3) is 0 Å². The quantitative estimate of drug-likeness (QED) is 0.883. The molecule has 0 unspecified atom stereocenters. The molecule has 96 valence electrons. The van der Waals surface area contributed by atoms with Crippen LogP contribution in [-0.2, 0) is 20.1 Å². The van der Waals surface area contributed by atoms with Gasteiger partial charge in [0.15, 0.2) is 0 Å². The van der Waals surface area contributed by atoms with E-state index >= 15 is 0 Å². The number of imidazole rings is 1. The molecule has 2 aromatic heterocycles. The molecule has 2 rings (SSSR count).